The van der Waals surface area contributed by atoms with Crippen LogP contribution in [-0.2, 0) is 30.8 Å². The van der Waals surface area contributed by atoms with Crippen LogP contribution in [0.25, 0.3) is 0 Å². The summed E-state index contributed by atoms with van der Waals surface area (Å²) in [4.78, 5) is 26.5. The Morgan fingerprint density at radius 3 is 2.28 bits per heavy atom. The minimum atomic E-state index is -4.35. The van der Waals surface area contributed by atoms with Crippen molar-refractivity contribution in [3.05, 3.63) is 95.6 Å². The Balaban J connectivity index is 1.74. The highest BCUT2D eigenvalue weighted by molar-refractivity contribution is 7.94. The number of nitrogens with zero attached hydrogens (tertiary/aromatic N) is 2. The van der Waals surface area contributed by atoms with Gasteiger partial charge in [-0.1, -0.05) is 36.4 Å². The maximum absolute atomic E-state index is 14.0. The molecule has 32 heavy (non-hydrogen) atoms. The molecule has 0 saturated carbocycles. The van der Waals surface area contributed by atoms with Crippen molar-refractivity contribution in [2.75, 3.05) is 15.6 Å². The van der Waals surface area contributed by atoms with Crippen molar-refractivity contribution in [2.45, 2.75) is 11.4 Å². The van der Waals surface area contributed by atoms with Crippen LogP contribution in [0.4, 0.5) is 20.2 Å². The van der Waals surface area contributed by atoms with Crippen LogP contribution in [0.15, 0.2) is 72.8 Å². The third-order valence-corrected chi connectivity index (χ3v) is 7.82. The summed E-state index contributed by atoms with van der Waals surface area (Å²) in [6.45, 7) is -0.101. The summed E-state index contributed by atoms with van der Waals surface area (Å²) in [6, 6.07) is 16.8. The van der Waals surface area contributed by atoms with E-state index < -0.39 is 43.9 Å². The molecule has 2 aliphatic rings. The average Bonchev–Trinajstić information content (AvgIpc) is 3.11. The van der Waals surface area contributed by atoms with Gasteiger partial charge in [-0.3, -0.25) is 14.5 Å². The van der Waals surface area contributed by atoms with Gasteiger partial charge in [0.1, 0.15) is 17.4 Å². The lowest BCUT2D eigenvalue weighted by atomic mass is 10.0. The minimum Gasteiger partial charge on any atom is -0.304 e. The fraction of sp³-hybridized carbons (Fsp3) is 0.130. The number of anilines is 2. The molecule has 6 nitrogen and oxygen atoms in total. The van der Waals surface area contributed by atoms with E-state index in [1.807, 2.05) is 0 Å². The van der Waals surface area contributed by atoms with Gasteiger partial charge in [-0.05, 0) is 42.0 Å². The molecule has 2 aliphatic heterocycles. The second-order valence-corrected chi connectivity index (χ2v) is 9.76. The first kappa shape index (κ1) is 20.3. The van der Waals surface area contributed by atoms with Crippen molar-refractivity contribution in [1.82, 2.24) is 0 Å². The lowest BCUT2D eigenvalue weighted by Gasteiger charge is -2.32. The summed E-state index contributed by atoms with van der Waals surface area (Å²) < 4.78 is 54.6. The zero-order chi connectivity index (χ0) is 22.7. The molecule has 3 aromatic rings. The van der Waals surface area contributed by atoms with E-state index in [2.05, 4.69) is 0 Å². The van der Waals surface area contributed by atoms with Gasteiger partial charge >= 0.3 is 0 Å². The Morgan fingerprint density at radius 1 is 0.875 bits per heavy atom. The van der Waals surface area contributed by atoms with Gasteiger partial charge in [-0.2, -0.15) is 0 Å². The number of hydrogen-bond acceptors (Lipinski definition) is 4. The zero-order valence-corrected chi connectivity index (χ0v) is 17.4. The predicted molar refractivity (Wildman–Crippen MR) is 113 cm³/mol. The van der Waals surface area contributed by atoms with Crippen molar-refractivity contribution in [3.63, 3.8) is 0 Å². The molecule has 1 fully saturated rings. The van der Waals surface area contributed by atoms with Gasteiger partial charge in [-0.15, -0.1) is 0 Å². The molecule has 1 atom stereocenters. The van der Waals surface area contributed by atoms with E-state index in [0.29, 0.717) is 11.3 Å². The van der Waals surface area contributed by atoms with E-state index in [1.54, 1.807) is 24.3 Å². The second kappa shape index (κ2) is 6.96. The van der Waals surface area contributed by atoms with Crippen molar-refractivity contribution < 1.29 is 26.8 Å². The molecule has 1 spiro atoms. The number of carbonyl (C=O) groups excluding carboxylic acids is 2. The van der Waals surface area contributed by atoms with Crippen LogP contribution in [0.2, 0.25) is 0 Å². The molecule has 9 heteroatoms. The number of amides is 2. The van der Waals surface area contributed by atoms with Gasteiger partial charge < -0.3 is 4.90 Å². The van der Waals surface area contributed by atoms with Crippen molar-refractivity contribution in [3.8, 4) is 0 Å². The Labute approximate surface area is 182 Å². The second-order valence-electron chi connectivity index (χ2n) is 7.65. The van der Waals surface area contributed by atoms with Gasteiger partial charge in [0, 0.05) is 11.3 Å². The molecule has 0 N–H and O–H groups in total. The monoisotopic (exact) mass is 454 g/mol. The fourth-order valence-electron chi connectivity index (χ4n) is 4.48. The van der Waals surface area contributed by atoms with E-state index >= 15 is 0 Å². The van der Waals surface area contributed by atoms with Crippen molar-refractivity contribution in [1.29, 1.82) is 0 Å². The van der Waals surface area contributed by atoms with Crippen LogP contribution in [0.3, 0.4) is 0 Å². The van der Waals surface area contributed by atoms with E-state index in [1.165, 1.54) is 41.3 Å². The van der Waals surface area contributed by atoms with E-state index in [0.717, 1.165) is 17.0 Å². The maximum Gasteiger partial charge on any atom is 0.274 e. The zero-order valence-electron chi connectivity index (χ0n) is 16.5. The van der Waals surface area contributed by atoms with E-state index in [-0.39, 0.29) is 17.8 Å². The first-order valence-corrected chi connectivity index (χ1v) is 11.4. The largest absolute Gasteiger partial charge is 0.304 e. The molecule has 1 saturated heterocycles. The maximum atomic E-state index is 14.0. The minimum absolute atomic E-state index is 0.0353. The lowest BCUT2D eigenvalue weighted by Crippen LogP contribution is -2.54. The number of benzene rings is 3. The molecular formula is C23H16F2N2O4S. The van der Waals surface area contributed by atoms with Crippen LogP contribution < -0.4 is 9.80 Å². The average molecular weight is 454 g/mol. The molecule has 0 radical (unpaired) electrons. The summed E-state index contributed by atoms with van der Waals surface area (Å²) >= 11 is 0. The summed E-state index contributed by atoms with van der Waals surface area (Å²) in [5.74, 6) is -3.76. The van der Waals surface area contributed by atoms with Gasteiger partial charge in [0.2, 0.25) is 5.91 Å². The van der Waals surface area contributed by atoms with Crippen molar-refractivity contribution >= 4 is 33.0 Å². The number of rotatable bonds is 3. The van der Waals surface area contributed by atoms with Crippen LogP contribution in [0, 0.1) is 11.6 Å². The Hall–Kier alpha value is -3.59. The predicted octanol–water partition coefficient (Wildman–Crippen LogP) is 3.13. The molecular weight excluding hydrogens is 438 g/mol. The highest BCUT2D eigenvalue weighted by Gasteiger charge is 2.69. The van der Waals surface area contributed by atoms with Crippen LogP contribution in [-0.4, -0.2) is 26.0 Å². The Kier molecular flexibility index (Phi) is 4.42. The standard InChI is InChI=1S/C23H16F2N2O4S/c24-16-6-3-5-15(11-16)13-26-20-10-2-1-9-19(20)23(22(26)29)27(21(28)14-32(23,30)31)18-8-4-7-17(25)12-18/h1-12H,13-14H2/t23-/m0/s1. The van der Waals surface area contributed by atoms with Crippen LogP contribution >= 0.6 is 0 Å². The molecule has 0 aliphatic carbocycles. The summed E-state index contributed by atoms with van der Waals surface area (Å²) in [7, 11) is -4.35. The number of para-hydroxylation sites is 1. The van der Waals surface area contributed by atoms with Gasteiger partial charge in [0.15, 0.2) is 9.84 Å². The molecule has 0 bridgehead atoms. The highest BCUT2D eigenvalue weighted by Crippen LogP contribution is 2.52. The first-order valence-electron chi connectivity index (χ1n) is 9.72. The highest BCUT2D eigenvalue weighted by atomic mass is 32.2. The normalized spacial score (nSPS) is 21.4. The molecule has 0 unspecified atom stereocenters. The lowest BCUT2D eigenvalue weighted by molar-refractivity contribution is -0.123. The van der Waals surface area contributed by atoms with Crippen molar-refractivity contribution in [2.24, 2.45) is 0 Å². The number of sulfone groups is 1. The summed E-state index contributed by atoms with van der Waals surface area (Å²) in [6.07, 6.45) is 0. The van der Waals surface area contributed by atoms with Crippen LogP contribution in [0.5, 0.6) is 0 Å². The molecule has 0 aromatic heterocycles. The number of fused-ring (bicyclic) bond motifs is 2. The molecule has 2 amide bonds. The molecule has 2 heterocycles. The third kappa shape index (κ3) is 2.70. The fourth-order valence-corrected chi connectivity index (χ4v) is 6.51. The Morgan fingerprint density at radius 2 is 1.56 bits per heavy atom. The summed E-state index contributed by atoms with van der Waals surface area (Å²) in [5.41, 5.74) is 0.814. The van der Waals surface area contributed by atoms with E-state index in [4.69, 9.17) is 0 Å². The van der Waals surface area contributed by atoms with Crippen LogP contribution in [0.1, 0.15) is 11.1 Å². The molecule has 5 rings (SSSR count). The number of carbonyl (C=O) groups is 2. The SMILES string of the molecule is O=C1CS(=O)(=O)[C@@]2(C(=O)N(Cc3cccc(F)c3)c3ccccc32)N1c1cccc(F)c1. The molecule has 162 valence electrons. The first-order chi connectivity index (χ1) is 15.3. The van der Waals surface area contributed by atoms with Gasteiger partial charge in [0.25, 0.3) is 10.8 Å². The topological polar surface area (TPSA) is 74.8 Å². The number of halogens is 2. The van der Waals surface area contributed by atoms with Gasteiger partial charge in [0.05, 0.1) is 12.2 Å². The summed E-state index contributed by atoms with van der Waals surface area (Å²) in [5, 5.41) is 0. The smallest absolute Gasteiger partial charge is 0.274 e. The third-order valence-electron chi connectivity index (χ3n) is 5.72. The quantitative estimate of drug-likeness (QED) is 0.610. The Bertz CT molecular complexity index is 1390. The number of hydrogen-bond donors (Lipinski definition) is 0. The van der Waals surface area contributed by atoms with E-state index in [9.17, 15) is 26.8 Å². The van der Waals surface area contributed by atoms with Gasteiger partial charge in [-0.25, -0.2) is 17.2 Å². The molecule has 3 aromatic carbocycles.